The summed E-state index contributed by atoms with van der Waals surface area (Å²) in [4.78, 5) is 11.6. The van der Waals surface area contributed by atoms with Crippen molar-refractivity contribution in [3.63, 3.8) is 0 Å². The summed E-state index contributed by atoms with van der Waals surface area (Å²) >= 11 is 0. The van der Waals surface area contributed by atoms with Crippen LogP contribution < -0.4 is 11.1 Å². The number of nitrogens with zero attached hydrogens (tertiary/aromatic N) is 3. The van der Waals surface area contributed by atoms with Gasteiger partial charge in [-0.25, -0.2) is 9.97 Å². The van der Waals surface area contributed by atoms with Crippen LogP contribution in [-0.2, 0) is 6.42 Å². The number of aliphatic imine (C=N–C) groups is 1. The molecule has 2 heterocycles. The molecule has 0 aliphatic heterocycles. The average Bonchev–Trinajstić information content (AvgIpc) is 2.92. The lowest BCUT2D eigenvalue weighted by atomic mass is 10.3. The van der Waals surface area contributed by atoms with E-state index in [1.54, 1.807) is 19.6 Å². The molecule has 6 nitrogen and oxygen atoms in total. The van der Waals surface area contributed by atoms with Crippen molar-refractivity contribution in [3.05, 3.63) is 47.9 Å². The fraction of sp³-hybridized carbons (Fsp3) is 0.357. The minimum Gasteiger partial charge on any atom is -0.469 e. The summed E-state index contributed by atoms with van der Waals surface area (Å²) in [7, 11) is 1.65. The Labute approximate surface area is 119 Å². The van der Waals surface area contributed by atoms with E-state index in [-0.39, 0.29) is 0 Å². The largest absolute Gasteiger partial charge is 0.469 e. The quantitative estimate of drug-likeness (QED) is 0.653. The van der Waals surface area contributed by atoms with Crippen LogP contribution in [0.3, 0.4) is 0 Å². The van der Waals surface area contributed by atoms with Crippen LogP contribution in [0.5, 0.6) is 0 Å². The Morgan fingerprint density at radius 3 is 2.50 bits per heavy atom. The van der Waals surface area contributed by atoms with Crippen LogP contribution in [0.4, 0.5) is 0 Å². The smallest absolute Gasteiger partial charge is 0.188 e. The molecule has 6 heteroatoms. The number of rotatable bonds is 3. The van der Waals surface area contributed by atoms with E-state index in [2.05, 4.69) is 20.3 Å². The van der Waals surface area contributed by atoms with E-state index in [0.29, 0.717) is 5.96 Å². The summed E-state index contributed by atoms with van der Waals surface area (Å²) in [5, 5.41) is 2.94. The Morgan fingerprint density at radius 1 is 1.35 bits per heavy atom. The van der Waals surface area contributed by atoms with Gasteiger partial charge in [-0.1, -0.05) is 0 Å². The number of aryl methyl sites for hydroxylation is 2. The Balaban J connectivity index is 0.000000217. The van der Waals surface area contributed by atoms with Gasteiger partial charge in [0.2, 0.25) is 0 Å². The van der Waals surface area contributed by atoms with Gasteiger partial charge in [0.25, 0.3) is 0 Å². The van der Waals surface area contributed by atoms with Crippen molar-refractivity contribution in [1.82, 2.24) is 15.3 Å². The molecule has 20 heavy (non-hydrogen) atoms. The number of hydrogen-bond donors (Lipinski definition) is 2. The van der Waals surface area contributed by atoms with E-state index >= 15 is 0 Å². The maximum absolute atomic E-state index is 5.42. The Hall–Kier alpha value is -2.37. The minimum atomic E-state index is 0.460. The Bertz CT molecular complexity index is 505. The second kappa shape index (κ2) is 8.68. The summed E-state index contributed by atoms with van der Waals surface area (Å²) in [6.07, 6.45) is 4.06. The normalized spacial score (nSPS) is 10.7. The molecule has 0 radical (unpaired) electrons. The molecule has 0 atom stereocenters. The van der Waals surface area contributed by atoms with Crippen LogP contribution >= 0.6 is 0 Å². The van der Waals surface area contributed by atoms with Gasteiger partial charge in [0.15, 0.2) is 5.96 Å². The van der Waals surface area contributed by atoms with E-state index in [1.807, 2.05) is 32.0 Å². The molecule has 0 aliphatic rings. The lowest BCUT2D eigenvalue weighted by molar-refractivity contribution is 0.507. The first kappa shape index (κ1) is 15.7. The number of nitrogens with one attached hydrogen (secondary N) is 1. The molecule has 0 fully saturated rings. The topological polar surface area (TPSA) is 89.3 Å². The highest BCUT2D eigenvalue weighted by atomic mass is 16.3. The van der Waals surface area contributed by atoms with Crippen molar-refractivity contribution >= 4 is 5.96 Å². The molecule has 0 aliphatic carbocycles. The molecule has 0 unspecified atom stereocenters. The molecule has 0 bridgehead atoms. The van der Waals surface area contributed by atoms with Crippen LogP contribution in [0.2, 0.25) is 0 Å². The van der Waals surface area contributed by atoms with Gasteiger partial charge in [-0.2, -0.15) is 0 Å². The molecule has 0 aromatic carbocycles. The third kappa shape index (κ3) is 6.53. The number of hydrogen-bond acceptors (Lipinski definition) is 4. The van der Waals surface area contributed by atoms with E-state index < -0.39 is 0 Å². The lowest BCUT2D eigenvalue weighted by Crippen LogP contribution is -2.32. The first-order valence-electron chi connectivity index (χ1n) is 6.35. The number of nitrogens with two attached hydrogens (primary N) is 1. The van der Waals surface area contributed by atoms with Crippen molar-refractivity contribution in [2.45, 2.75) is 20.3 Å². The van der Waals surface area contributed by atoms with Crippen LogP contribution in [0.15, 0.2) is 40.2 Å². The minimum absolute atomic E-state index is 0.460. The summed E-state index contributed by atoms with van der Waals surface area (Å²) in [6, 6.07) is 5.74. The second-order valence-corrected chi connectivity index (χ2v) is 4.17. The third-order valence-electron chi connectivity index (χ3n) is 2.44. The molecule has 108 valence electrons. The SMILES string of the molecule is CN=C(N)NCCc1ccco1.Cc1cc(C)ncn1. The van der Waals surface area contributed by atoms with Crippen LogP contribution in [0.25, 0.3) is 0 Å². The predicted octanol–water partition coefficient (Wildman–Crippen LogP) is 1.45. The zero-order chi connectivity index (χ0) is 14.8. The van der Waals surface area contributed by atoms with Crippen molar-refractivity contribution < 1.29 is 4.42 Å². The second-order valence-electron chi connectivity index (χ2n) is 4.17. The number of aromatic nitrogens is 2. The van der Waals surface area contributed by atoms with Gasteiger partial charge in [-0.05, 0) is 32.0 Å². The van der Waals surface area contributed by atoms with Gasteiger partial charge in [-0.3, -0.25) is 4.99 Å². The van der Waals surface area contributed by atoms with Crippen LogP contribution in [-0.4, -0.2) is 29.5 Å². The summed E-state index contributed by atoms with van der Waals surface area (Å²) in [6.45, 7) is 4.65. The first-order chi connectivity index (χ1) is 9.61. The molecule has 3 N–H and O–H groups in total. The lowest BCUT2D eigenvalue weighted by Gasteiger charge is -2.01. The van der Waals surface area contributed by atoms with Crippen molar-refractivity contribution in [2.75, 3.05) is 13.6 Å². The predicted molar refractivity (Wildman–Crippen MR) is 79.5 cm³/mol. The van der Waals surface area contributed by atoms with E-state index in [0.717, 1.165) is 30.1 Å². The summed E-state index contributed by atoms with van der Waals surface area (Å²) < 4.78 is 5.13. The maximum atomic E-state index is 5.42. The molecule has 2 aromatic rings. The van der Waals surface area contributed by atoms with Crippen molar-refractivity contribution in [2.24, 2.45) is 10.7 Å². The van der Waals surface area contributed by atoms with Crippen LogP contribution in [0, 0.1) is 13.8 Å². The van der Waals surface area contributed by atoms with E-state index in [1.165, 1.54) is 0 Å². The highest BCUT2D eigenvalue weighted by Gasteiger charge is 1.94. The maximum Gasteiger partial charge on any atom is 0.188 e. The van der Waals surface area contributed by atoms with Gasteiger partial charge in [0, 0.05) is 31.4 Å². The first-order valence-corrected chi connectivity index (χ1v) is 6.35. The van der Waals surface area contributed by atoms with Crippen molar-refractivity contribution in [1.29, 1.82) is 0 Å². The molecule has 2 aromatic heterocycles. The molecule has 0 amide bonds. The van der Waals surface area contributed by atoms with E-state index in [4.69, 9.17) is 10.2 Å². The summed E-state index contributed by atoms with van der Waals surface area (Å²) in [5.74, 6) is 1.41. The molecule has 0 saturated heterocycles. The monoisotopic (exact) mass is 275 g/mol. The standard InChI is InChI=1S/C8H13N3O.C6H8N2/c1-10-8(9)11-5-4-7-3-2-6-12-7;1-5-3-6(2)8-4-7-5/h2-3,6H,4-5H2,1H3,(H3,9,10,11);3-4H,1-2H3. The molecule has 0 saturated carbocycles. The Kier molecular flexibility index (Phi) is 6.81. The fourth-order valence-electron chi connectivity index (χ4n) is 1.44. The zero-order valence-electron chi connectivity index (χ0n) is 12.1. The molecular weight excluding hydrogens is 254 g/mol. The van der Waals surface area contributed by atoms with Gasteiger partial charge in [0.05, 0.1) is 6.26 Å². The third-order valence-corrected chi connectivity index (χ3v) is 2.44. The van der Waals surface area contributed by atoms with Gasteiger partial charge in [0.1, 0.15) is 12.1 Å². The van der Waals surface area contributed by atoms with E-state index in [9.17, 15) is 0 Å². The van der Waals surface area contributed by atoms with Crippen molar-refractivity contribution in [3.8, 4) is 0 Å². The fourth-order valence-corrected chi connectivity index (χ4v) is 1.44. The highest BCUT2D eigenvalue weighted by molar-refractivity contribution is 5.77. The average molecular weight is 275 g/mol. The van der Waals surface area contributed by atoms with Gasteiger partial charge < -0.3 is 15.5 Å². The molecule has 2 rings (SSSR count). The zero-order valence-corrected chi connectivity index (χ0v) is 12.1. The molecular formula is C14H21N5O. The highest BCUT2D eigenvalue weighted by Crippen LogP contribution is 1.99. The number of guanidine groups is 1. The van der Waals surface area contributed by atoms with Gasteiger partial charge >= 0.3 is 0 Å². The van der Waals surface area contributed by atoms with Gasteiger partial charge in [-0.15, -0.1) is 0 Å². The molecule has 0 spiro atoms. The number of furan rings is 1. The summed E-state index contributed by atoms with van der Waals surface area (Å²) in [5.41, 5.74) is 7.47. The Morgan fingerprint density at radius 2 is 2.05 bits per heavy atom. The van der Waals surface area contributed by atoms with Crippen LogP contribution in [0.1, 0.15) is 17.1 Å².